The van der Waals surface area contributed by atoms with Crippen LogP contribution in [0, 0.1) is 6.92 Å². The first-order chi connectivity index (χ1) is 5.69. The Labute approximate surface area is 82.2 Å². The molecule has 0 radical (unpaired) electrons. The topological polar surface area (TPSA) is 9.23 Å². The zero-order valence-electron chi connectivity index (χ0n) is 7.03. The van der Waals surface area contributed by atoms with Gasteiger partial charge in [0.15, 0.2) is 0 Å². The maximum Gasteiger partial charge on any atom is 0.137 e. The van der Waals surface area contributed by atoms with Gasteiger partial charge in [0.1, 0.15) is 5.75 Å². The summed E-state index contributed by atoms with van der Waals surface area (Å²) in [7, 11) is 1.60. The highest BCUT2D eigenvalue weighted by atomic mass is 35.5. The molecule has 0 aromatic heterocycles. The van der Waals surface area contributed by atoms with Crippen LogP contribution in [-0.4, -0.2) is 7.11 Å². The van der Waals surface area contributed by atoms with E-state index in [2.05, 4.69) is 0 Å². The van der Waals surface area contributed by atoms with Crippen molar-refractivity contribution in [1.82, 2.24) is 0 Å². The number of alkyl halides is 1. The molecule has 0 saturated carbocycles. The molecule has 0 saturated heterocycles. The molecule has 12 heavy (non-hydrogen) atoms. The third-order valence-corrected chi connectivity index (χ3v) is 2.34. The second-order valence-electron chi connectivity index (χ2n) is 2.55. The minimum Gasteiger partial charge on any atom is -0.495 e. The molecule has 0 heterocycles. The van der Waals surface area contributed by atoms with E-state index < -0.39 is 0 Å². The van der Waals surface area contributed by atoms with Crippen molar-refractivity contribution in [3.8, 4) is 5.75 Å². The third kappa shape index (κ3) is 1.85. The molecule has 0 bridgehead atoms. The van der Waals surface area contributed by atoms with Crippen LogP contribution in [0.2, 0.25) is 5.02 Å². The number of rotatable bonds is 2. The maximum atomic E-state index is 5.90. The van der Waals surface area contributed by atoms with Gasteiger partial charge >= 0.3 is 0 Å². The van der Waals surface area contributed by atoms with Crippen molar-refractivity contribution < 1.29 is 4.74 Å². The van der Waals surface area contributed by atoms with Gasteiger partial charge in [-0.25, -0.2) is 0 Å². The Bertz CT molecular complexity index is 254. The van der Waals surface area contributed by atoms with E-state index in [0.717, 1.165) is 11.1 Å². The van der Waals surface area contributed by atoms with Gasteiger partial charge in [0.2, 0.25) is 0 Å². The molecule has 0 aliphatic heterocycles. The van der Waals surface area contributed by atoms with E-state index in [0.29, 0.717) is 16.7 Å². The monoisotopic (exact) mass is 204 g/mol. The average molecular weight is 205 g/mol. The molecule has 0 amide bonds. The van der Waals surface area contributed by atoms with Crippen LogP contribution in [0.3, 0.4) is 0 Å². The summed E-state index contributed by atoms with van der Waals surface area (Å²) >= 11 is 11.6. The lowest BCUT2D eigenvalue weighted by molar-refractivity contribution is 0.414. The smallest absolute Gasteiger partial charge is 0.137 e. The molecule has 0 unspecified atom stereocenters. The first kappa shape index (κ1) is 9.69. The lowest BCUT2D eigenvalue weighted by Gasteiger charge is -2.07. The van der Waals surface area contributed by atoms with Gasteiger partial charge in [-0.2, -0.15) is 0 Å². The molecule has 0 aliphatic carbocycles. The van der Waals surface area contributed by atoms with Crippen LogP contribution < -0.4 is 4.74 Å². The van der Waals surface area contributed by atoms with Gasteiger partial charge in [0.05, 0.1) is 12.1 Å². The van der Waals surface area contributed by atoms with Crippen LogP contribution in [0.1, 0.15) is 11.1 Å². The predicted molar refractivity (Wildman–Crippen MR) is 52.3 cm³/mol. The third-order valence-electron chi connectivity index (χ3n) is 1.75. The highest BCUT2D eigenvalue weighted by molar-refractivity contribution is 6.32. The van der Waals surface area contributed by atoms with Gasteiger partial charge in [-0.15, -0.1) is 11.6 Å². The van der Waals surface area contributed by atoms with Crippen molar-refractivity contribution in [3.05, 3.63) is 28.3 Å². The van der Waals surface area contributed by atoms with Crippen LogP contribution in [0.15, 0.2) is 12.1 Å². The summed E-state index contributed by atoms with van der Waals surface area (Å²) in [5, 5.41) is 0.610. The van der Waals surface area contributed by atoms with E-state index in [1.54, 1.807) is 7.11 Å². The van der Waals surface area contributed by atoms with Gasteiger partial charge < -0.3 is 4.74 Å². The first-order valence-corrected chi connectivity index (χ1v) is 4.49. The molecule has 1 aromatic rings. The SMILES string of the molecule is COc1cc(C)c(CCl)cc1Cl. The Morgan fingerprint density at radius 3 is 2.58 bits per heavy atom. The van der Waals surface area contributed by atoms with Crippen LogP contribution in [0.25, 0.3) is 0 Å². The van der Waals surface area contributed by atoms with Crippen molar-refractivity contribution in [2.45, 2.75) is 12.8 Å². The van der Waals surface area contributed by atoms with E-state index in [4.69, 9.17) is 27.9 Å². The van der Waals surface area contributed by atoms with Crippen molar-refractivity contribution in [1.29, 1.82) is 0 Å². The lowest BCUT2D eigenvalue weighted by atomic mass is 10.1. The molecule has 66 valence electrons. The summed E-state index contributed by atoms with van der Waals surface area (Å²) in [5.41, 5.74) is 2.15. The van der Waals surface area contributed by atoms with Gasteiger partial charge in [-0.05, 0) is 30.2 Å². The number of ether oxygens (including phenoxy) is 1. The van der Waals surface area contributed by atoms with Crippen molar-refractivity contribution >= 4 is 23.2 Å². The van der Waals surface area contributed by atoms with Crippen LogP contribution in [0.5, 0.6) is 5.75 Å². The van der Waals surface area contributed by atoms with Crippen molar-refractivity contribution in [2.75, 3.05) is 7.11 Å². The van der Waals surface area contributed by atoms with E-state index >= 15 is 0 Å². The molecule has 1 nitrogen and oxygen atoms in total. The molecular formula is C9H10Cl2O. The van der Waals surface area contributed by atoms with E-state index in [1.807, 2.05) is 19.1 Å². The lowest BCUT2D eigenvalue weighted by Crippen LogP contribution is -1.89. The fourth-order valence-corrected chi connectivity index (χ4v) is 1.55. The van der Waals surface area contributed by atoms with Crippen LogP contribution in [0.4, 0.5) is 0 Å². The fourth-order valence-electron chi connectivity index (χ4n) is 0.997. The number of halogens is 2. The number of benzene rings is 1. The second-order valence-corrected chi connectivity index (χ2v) is 3.22. The molecule has 0 atom stereocenters. The van der Waals surface area contributed by atoms with E-state index in [1.165, 1.54) is 0 Å². The molecule has 0 aliphatic rings. The summed E-state index contributed by atoms with van der Waals surface area (Å²) in [6.45, 7) is 1.98. The molecule has 3 heteroatoms. The minimum absolute atomic E-state index is 0.482. The summed E-state index contributed by atoms with van der Waals surface area (Å²) in [6, 6.07) is 3.72. The molecule has 1 rings (SSSR count). The Morgan fingerprint density at radius 2 is 2.08 bits per heavy atom. The van der Waals surface area contributed by atoms with E-state index in [-0.39, 0.29) is 0 Å². The van der Waals surface area contributed by atoms with Gasteiger partial charge in [0, 0.05) is 5.88 Å². The normalized spacial score (nSPS) is 10.0. The van der Waals surface area contributed by atoms with Crippen LogP contribution >= 0.6 is 23.2 Å². The summed E-state index contributed by atoms with van der Waals surface area (Å²) in [5.74, 6) is 1.18. The van der Waals surface area contributed by atoms with Crippen molar-refractivity contribution in [3.63, 3.8) is 0 Å². The quantitative estimate of drug-likeness (QED) is 0.672. The highest BCUT2D eigenvalue weighted by Gasteiger charge is 2.04. The summed E-state index contributed by atoms with van der Waals surface area (Å²) < 4.78 is 5.05. The highest BCUT2D eigenvalue weighted by Crippen LogP contribution is 2.28. The Hall–Kier alpha value is -0.400. The van der Waals surface area contributed by atoms with E-state index in [9.17, 15) is 0 Å². The zero-order chi connectivity index (χ0) is 9.14. The number of aryl methyl sites for hydroxylation is 1. The van der Waals surface area contributed by atoms with Gasteiger partial charge in [-0.3, -0.25) is 0 Å². The molecule has 1 aromatic carbocycles. The Morgan fingerprint density at radius 1 is 1.42 bits per heavy atom. The molecule has 0 fully saturated rings. The van der Waals surface area contributed by atoms with Gasteiger partial charge in [-0.1, -0.05) is 11.6 Å². The standard InChI is InChI=1S/C9H10Cl2O/c1-6-3-9(12-2)8(11)4-7(6)5-10/h3-4H,5H2,1-2H3. The second kappa shape index (κ2) is 4.01. The summed E-state index contributed by atoms with van der Waals surface area (Å²) in [4.78, 5) is 0. The number of methoxy groups -OCH3 is 1. The fraction of sp³-hybridized carbons (Fsp3) is 0.333. The minimum atomic E-state index is 0.482. The zero-order valence-corrected chi connectivity index (χ0v) is 8.54. The Kier molecular flexibility index (Phi) is 3.24. The first-order valence-electron chi connectivity index (χ1n) is 3.58. The Balaban J connectivity index is 3.16. The average Bonchev–Trinajstić information content (AvgIpc) is 2.08. The number of hydrogen-bond donors (Lipinski definition) is 0. The maximum absolute atomic E-state index is 5.90. The van der Waals surface area contributed by atoms with Crippen LogP contribution in [-0.2, 0) is 5.88 Å². The van der Waals surface area contributed by atoms with Crippen molar-refractivity contribution in [2.24, 2.45) is 0 Å². The predicted octanol–water partition coefficient (Wildman–Crippen LogP) is 3.40. The molecule has 0 spiro atoms. The molecule has 0 N–H and O–H groups in total. The molecular weight excluding hydrogens is 195 g/mol. The van der Waals surface area contributed by atoms with Gasteiger partial charge in [0.25, 0.3) is 0 Å². The number of hydrogen-bond acceptors (Lipinski definition) is 1. The largest absolute Gasteiger partial charge is 0.495 e. The summed E-state index contributed by atoms with van der Waals surface area (Å²) in [6.07, 6.45) is 0.